The molecule has 2 aromatic heterocycles. The highest BCUT2D eigenvalue weighted by molar-refractivity contribution is 7.90. The normalized spacial score (nSPS) is 11.7. The molecule has 31 heavy (non-hydrogen) atoms. The summed E-state index contributed by atoms with van der Waals surface area (Å²) in [5.41, 5.74) is 1.97. The molecule has 160 valence electrons. The van der Waals surface area contributed by atoms with Crippen molar-refractivity contribution in [3.8, 4) is 17.4 Å². The molecule has 0 saturated heterocycles. The number of methoxy groups -OCH3 is 1. The van der Waals surface area contributed by atoms with Gasteiger partial charge < -0.3 is 24.3 Å². The number of ether oxygens (including phenoxy) is 3. The summed E-state index contributed by atoms with van der Waals surface area (Å²) in [7, 11) is -1.80. The predicted molar refractivity (Wildman–Crippen MR) is 113 cm³/mol. The first-order chi connectivity index (χ1) is 14.8. The van der Waals surface area contributed by atoms with Gasteiger partial charge in [0.1, 0.15) is 11.5 Å². The maximum Gasteiger partial charge on any atom is 0.512 e. The lowest BCUT2D eigenvalue weighted by Gasteiger charge is -2.09. The van der Waals surface area contributed by atoms with Gasteiger partial charge in [-0.25, -0.2) is 18.2 Å². The Hall–Kier alpha value is -3.63. The zero-order valence-electron chi connectivity index (χ0n) is 16.6. The SMILES string of the molecule is COCc1c(OC(=O)O)ncc2[nH]c3ccc(Oc4ccc(S(C)(=O)=O)cc4)cc3c12. The van der Waals surface area contributed by atoms with Crippen LogP contribution in [0.2, 0.25) is 0 Å². The number of rotatable bonds is 6. The summed E-state index contributed by atoms with van der Waals surface area (Å²) in [6, 6.07) is 11.5. The van der Waals surface area contributed by atoms with E-state index in [1.807, 2.05) is 6.07 Å². The van der Waals surface area contributed by atoms with Crippen LogP contribution in [0.5, 0.6) is 17.4 Å². The summed E-state index contributed by atoms with van der Waals surface area (Å²) in [5.74, 6) is 0.937. The molecule has 0 aliphatic heterocycles. The van der Waals surface area contributed by atoms with Gasteiger partial charge in [-0.3, -0.25) is 0 Å². The van der Waals surface area contributed by atoms with Crippen LogP contribution < -0.4 is 9.47 Å². The highest BCUT2D eigenvalue weighted by Crippen LogP contribution is 2.35. The Morgan fingerprint density at radius 3 is 2.45 bits per heavy atom. The minimum Gasteiger partial charge on any atom is -0.457 e. The second kappa shape index (κ2) is 7.89. The van der Waals surface area contributed by atoms with Crippen LogP contribution in [-0.4, -0.2) is 43.0 Å². The summed E-state index contributed by atoms with van der Waals surface area (Å²) in [5, 5.41) is 10.5. The number of hydrogen-bond donors (Lipinski definition) is 2. The average Bonchev–Trinajstić information content (AvgIpc) is 3.07. The second-order valence-electron chi connectivity index (χ2n) is 6.81. The first-order valence-electron chi connectivity index (χ1n) is 9.07. The molecule has 0 saturated carbocycles. The van der Waals surface area contributed by atoms with Crippen LogP contribution in [0.3, 0.4) is 0 Å². The standard InChI is InChI=1S/C21H18N2O7S/c1-28-11-16-19-15-9-13(29-12-3-6-14(7-4-12)31(2,26)27)5-8-17(15)23-18(19)10-22-20(16)30-21(24)25/h3-10,23H,11H2,1-2H3,(H,24,25). The predicted octanol–water partition coefficient (Wildman–Crippen LogP) is 4.12. The average molecular weight is 442 g/mol. The van der Waals surface area contributed by atoms with Gasteiger partial charge in [0.2, 0.25) is 5.88 Å². The van der Waals surface area contributed by atoms with Crippen molar-refractivity contribution in [2.24, 2.45) is 0 Å². The monoisotopic (exact) mass is 442 g/mol. The molecule has 2 N–H and O–H groups in total. The summed E-state index contributed by atoms with van der Waals surface area (Å²) in [6.07, 6.45) is 1.17. The van der Waals surface area contributed by atoms with E-state index in [1.165, 1.54) is 25.4 Å². The van der Waals surface area contributed by atoms with Crippen molar-refractivity contribution in [1.82, 2.24) is 9.97 Å². The molecule has 0 spiro atoms. The highest BCUT2D eigenvalue weighted by atomic mass is 32.2. The van der Waals surface area contributed by atoms with Crippen LogP contribution >= 0.6 is 0 Å². The molecule has 0 aliphatic carbocycles. The Balaban J connectivity index is 1.78. The third kappa shape index (κ3) is 4.16. The minimum absolute atomic E-state index is 0.0505. The molecule has 0 unspecified atom stereocenters. The molecular formula is C21H18N2O7S. The Morgan fingerprint density at radius 2 is 1.81 bits per heavy atom. The lowest BCUT2D eigenvalue weighted by atomic mass is 10.1. The van der Waals surface area contributed by atoms with E-state index in [2.05, 4.69) is 9.97 Å². The number of pyridine rings is 1. The quantitative estimate of drug-likeness (QED) is 0.427. The molecule has 4 aromatic rings. The second-order valence-corrected chi connectivity index (χ2v) is 8.83. The Kier molecular flexibility index (Phi) is 5.25. The molecule has 0 bridgehead atoms. The molecule has 4 rings (SSSR count). The summed E-state index contributed by atoms with van der Waals surface area (Å²) >= 11 is 0. The van der Waals surface area contributed by atoms with Crippen LogP contribution in [0.15, 0.2) is 53.6 Å². The third-order valence-corrected chi connectivity index (χ3v) is 5.76. The largest absolute Gasteiger partial charge is 0.512 e. The van der Waals surface area contributed by atoms with Gasteiger partial charge >= 0.3 is 6.16 Å². The van der Waals surface area contributed by atoms with Gasteiger partial charge in [-0.15, -0.1) is 0 Å². The van der Waals surface area contributed by atoms with E-state index in [0.29, 0.717) is 28.0 Å². The van der Waals surface area contributed by atoms with Gasteiger partial charge in [-0.1, -0.05) is 0 Å². The van der Waals surface area contributed by atoms with E-state index in [1.54, 1.807) is 24.3 Å². The van der Waals surface area contributed by atoms with E-state index >= 15 is 0 Å². The molecule has 0 fully saturated rings. The van der Waals surface area contributed by atoms with E-state index < -0.39 is 16.0 Å². The lowest BCUT2D eigenvalue weighted by Crippen LogP contribution is -2.07. The molecule has 2 aromatic carbocycles. The lowest BCUT2D eigenvalue weighted by molar-refractivity contribution is 0.139. The fraction of sp³-hybridized carbons (Fsp3) is 0.143. The Labute approximate surface area is 177 Å². The number of hydrogen-bond acceptors (Lipinski definition) is 7. The zero-order valence-corrected chi connectivity index (χ0v) is 17.4. The molecular weight excluding hydrogens is 424 g/mol. The maximum atomic E-state index is 11.6. The summed E-state index contributed by atoms with van der Waals surface area (Å²) in [4.78, 5) is 18.6. The summed E-state index contributed by atoms with van der Waals surface area (Å²) < 4.78 is 39.2. The topological polar surface area (TPSA) is 128 Å². The van der Waals surface area contributed by atoms with Gasteiger partial charge in [0, 0.05) is 29.7 Å². The first-order valence-corrected chi connectivity index (χ1v) is 11.0. The number of sulfone groups is 1. The maximum absolute atomic E-state index is 11.6. The van der Waals surface area contributed by atoms with Crippen LogP contribution in [0.25, 0.3) is 21.8 Å². The van der Waals surface area contributed by atoms with Crippen molar-refractivity contribution < 1.29 is 32.5 Å². The number of nitrogens with zero attached hydrogens (tertiary/aromatic N) is 1. The Bertz CT molecular complexity index is 1390. The highest BCUT2D eigenvalue weighted by Gasteiger charge is 2.18. The van der Waals surface area contributed by atoms with Gasteiger partial charge in [0.05, 0.1) is 28.8 Å². The molecule has 2 heterocycles. The zero-order chi connectivity index (χ0) is 22.2. The van der Waals surface area contributed by atoms with Gasteiger partial charge in [0.15, 0.2) is 9.84 Å². The van der Waals surface area contributed by atoms with Crippen molar-refractivity contribution in [2.45, 2.75) is 11.5 Å². The number of aromatic amines is 1. The van der Waals surface area contributed by atoms with Gasteiger partial charge in [-0.05, 0) is 42.5 Å². The van der Waals surface area contributed by atoms with Gasteiger partial charge in [-0.2, -0.15) is 0 Å². The number of carboxylic acid groups (broad SMARTS) is 1. The van der Waals surface area contributed by atoms with Crippen LogP contribution in [0.4, 0.5) is 4.79 Å². The fourth-order valence-electron chi connectivity index (χ4n) is 3.33. The number of benzene rings is 2. The number of nitrogens with one attached hydrogen (secondary N) is 1. The molecule has 0 radical (unpaired) electrons. The Morgan fingerprint density at radius 1 is 1.10 bits per heavy atom. The fourth-order valence-corrected chi connectivity index (χ4v) is 3.96. The number of H-pyrrole nitrogens is 1. The van der Waals surface area contributed by atoms with Crippen molar-refractivity contribution in [2.75, 3.05) is 13.4 Å². The van der Waals surface area contributed by atoms with Crippen molar-refractivity contribution in [1.29, 1.82) is 0 Å². The van der Waals surface area contributed by atoms with Crippen molar-refractivity contribution in [3.05, 3.63) is 54.2 Å². The smallest absolute Gasteiger partial charge is 0.457 e. The van der Waals surface area contributed by atoms with Crippen molar-refractivity contribution in [3.63, 3.8) is 0 Å². The first kappa shape index (κ1) is 20.6. The summed E-state index contributed by atoms with van der Waals surface area (Å²) in [6.45, 7) is 0.0952. The van der Waals surface area contributed by atoms with Gasteiger partial charge in [0.25, 0.3) is 0 Å². The van der Waals surface area contributed by atoms with Crippen LogP contribution in [-0.2, 0) is 21.2 Å². The molecule has 0 aliphatic rings. The molecule has 9 nitrogen and oxygen atoms in total. The molecule has 0 amide bonds. The number of carbonyl (C=O) groups is 1. The molecule has 0 atom stereocenters. The van der Waals surface area contributed by atoms with Crippen molar-refractivity contribution >= 4 is 37.8 Å². The number of fused-ring (bicyclic) bond motifs is 3. The van der Waals surface area contributed by atoms with Crippen LogP contribution in [0.1, 0.15) is 5.56 Å². The molecule has 10 heteroatoms. The van der Waals surface area contributed by atoms with E-state index in [9.17, 15) is 13.2 Å². The minimum atomic E-state index is -3.29. The van der Waals surface area contributed by atoms with E-state index in [0.717, 1.165) is 17.2 Å². The van der Waals surface area contributed by atoms with E-state index in [4.69, 9.17) is 19.3 Å². The third-order valence-electron chi connectivity index (χ3n) is 4.63. The number of aromatic nitrogens is 2. The van der Waals surface area contributed by atoms with Crippen LogP contribution in [0, 0.1) is 0 Å². The van der Waals surface area contributed by atoms with E-state index in [-0.39, 0.29) is 17.4 Å².